The average Bonchev–Trinajstić information content (AvgIpc) is 3.21. The lowest BCUT2D eigenvalue weighted by Gasteiger charge is -2.25. The Morgan fingerprint density at radius 3 is 2.57 bits per heavy atom. The molecule has 0 aliphatic carbocycles. The number of H-pyrrole nitrogens is 1. The van der Waals surface area contributed by atoms with Crippen molar-refractivity contribution < 1.29 is 18.3 Å². The Labute approximate surface area is 200 Å². The van der Waals surface area contributed by atoms with E-state index in [0.717, 1.165) is 30.0 Å². The minimum Gasteiger partial charge on any atom is -0.399 e. The van der Waals surface area contributed by atoms with Crippen molar-refractivity contribution >= 4 is 34.0 Å². The van der Waals surface area contributed by atoms with Gasteiger partial charge in [0.05, 0.1) is 11.1 Å². The van der Waals surface area contributed by atoms with E-state index in [-0.39, 0.29) is 11.9 Å². The Morgan fingerprint density at radius 1 is 1.03 bits per heavy atom. The molecular formula is C26H25F2N5O2. The Morgan fingerprint density at radius 2 is 1.80 bits per heavy atom. The summed E-state index contributed by atoms with van der Waals surface area (Å²) in [6, 6.07) is 14.3. The first-order valence-corrected chi connectivity index (χ1v) is 11.4. The van der Waals surface area contributed by atoms with E-state index >= 15 is 0 Å². The molecule has 2 heterocycles. The number of carbonyl (C=O) groups excluding carboxylic acids is 1. The molecule has 1 aliphatic rings. The maximum Gasteiger partial charge on any atom is 0.258 e. The molecule has 1 aliphatic heterocycles. The molecule has 1 amide bonds. The quantitative estimate of drug-likeness (QED) is 0.297. The van der Waals surface area contributed by atoms with Gasteiger partial charge < -0.3 is 21.1 Å². The van der Waals surface area contributed by atoms with E-state index in [1.165, 1.54) is 12.1 Å². The number of ether oxygens (including phenoxy) is 1. The van der Waals surface area contributed by atoms with E-state index in [1.807, 2.05) is 18.2 Å². The molecule has 5 N–H and O–H groups in total. The molecule has 180 valence electrons. The third kappa shape index (κ3) is 5.25. The predicted molar refractivity (Wildman–Crippen MR) is 132 cm³/mol. The van der Waals surface area contributed by atoms with Crippen molar-refractivity contribution in [3.8, 4) is 0 Å². The van der Waals surface area contributed by atoms with E-state index in [9.17, 15) is 13.6 Å². The molecule has 0 atom stereocenters. The molecule has 3 aromatic carbocycles. The summed E-state index contributed by atoms with van der Waals surface area (Å²) in [6.45, 7) is 1.34. The Kier molecular flexibility index (Phi) is 6.33. The van der Waals surface area contributed by atoms with Crippen molar-refractivity contribution in [1.29, 1.82) is 0 Å². The summed E-state index contributed by atoms with van der Waals surface area (Å²) < 4.78 is 32.6. The molecule has 1 saturated heterocycles. The Balaban J connectivity index is 1.38. The SMILES string of the molecule is Nc1ccc(C(=O)Nc2n[nH]c3ccc(Cc4cc(F)cc(F)c4)cc23)c(NC2CCOCC2)c1. The number of rotatable bonds is 6. The molecule has 0 radical (unpaired) electrons. The van der Waals surface area contributed by atoms with Crippen LogP contribution in [0.15, 0.2) is 54.6 Å². The van der Waals surface area contributed by atoms with Crippen molar-refractivity contribution in [1.82, 2.24) is 10.2 Å². The number of aromatic nitrogens is 2. The molecule has 4 aromatic rings. The van der Waals surface area contributed by atoms with E-state index in [2.05, 4.69) is 20.8 Å². The summed E-state index contributed by atoms with van der Waals surface area (Å²) in [6.07, 6.45) is 2.02. The molecular weight excluding hydrogens is 452 g/mol. The summed E-state index contributed by atoms with van der Waals surface area (Å²) >= 11 is 0. The zero-order valence-corrected chi connectivity index (χ0v) is 18.9. The number of amides is 1. The summed E-state index contributed by atoms with van der Waals surface area (Å²) in [4.78, 5) is 13.2. The van der Waals surface area contributed by atoms with Crippen LogP contribution >= 0.6 is 0 Å². The standard InChI is InChI=1S/C26H25F2N5O2/c27-17-10-16(11-18(28)13-17)9-15-1-4-23-22(12-15)25(33-32-23)31-26(34)21-3-2-19(29)14-24(21)30-20-5-7-35-8-6-20/h1-4,10-14,20,30H,5-9,29H2,(H2,31,32,33,34). The number of halogens is 2. The van der Waals surface area contributed by atoms with Crippen molar-refractivity contribution in [2.24, 2.45) is 0 Å². The second kappa shape index (κ2) is 9.71. The van der Waals surface area contributed by atoms with Crippen LogP contribution in [-0.4, -0.2) is 35.4 Å². The smallest absolute Gasteiger partial charge is 0.258 e. The molecule has 0 unspecified atom stereocenters. The van der Waals surface area contributed by atoms with Crippen LogP contribution in [0.4, 0.5) is 26.0 Å². The topological polar surface area (TPSA) is 105 Å². The predicted octanol–water partition coefficient (Wildman–Crippen LogP) is 4.86. The molecule has 0 spiro atoms. The van der Waals surface area contributed by atoms with Crippen LogP contribution in [0.5, 0.6) is 0 Å². The largest absolute Gasteiger partial charge is 0.399 e. The molecule has 0 saturated carbocycles. The van der Waals surface area contributed by atoms with Crippen LogP contribution in [0.3, 0.4) is 0 Å². The van der Waals surface area contributed by atoms with E-state index in [4.69, 9.17) is 10.5 Å². The van der Waals surface area contributed by atoms with Gasteiger partial charge in [-0.2, -0.15) is 5.10 Å². The number of nitrogens with two attached hydrogens (primary N) is 1. The number of nitrogen functional groups attached to an aromatic ring is 1. The minimum absolute atomic E-state index is 0.193. The van der Waals surface area contributed by atoms with Gasteiger partial charge in [-0.05, 0) is 72.9 Å². The first kappa shape index (κ1) is 22.8. The van der Waals surface area contributed by atoms with Gasteiger partial charge in [0.1, 0.15) is 11.6 Å². The number of hydrogen-bond acceptors (Lipinski definition) is 5. The van der Waals surface area contributed by atoms with Gasteiger partial charge in [-0.1, -0.05) is 6.07 Å². The first-order chi connectivity index (χ1) is 16.9. The van der Waals surface area contributed by atoms with Gasteiger partial charge in [-0.15, -0.1) is 0 Å². The number of anilines is 3. The number of fused-ring (bicyclic) bond motifs is 1. The van der Waals surface area contributed by atoms with Gasteiger partial charge in [-0.3, -0.25) is 9.89 Å². The van der Waals surface area contributed by atoms with Crippen LogP contribution in [0.25, 0.3) is 10.9 Å². The first-order valence-electron chi connectivity index (χ1n) is 11.4. The highest BCUT2D eigenvalue weighted by molar-refractivity contribution is 6.11. The van der Waals surface area contributed by atoms with Crippen LogP contribution in [0.2, 0.25) is 0 Å². The Bertz CT molecular complexity index is 1360. The van der Waals surface area contributed by atoms with Gasteiger partial charge in [0.2, 0.25) is 0 Å². The maximum absolute atomic E-state index is 13.6. The molecule has 1 fully saturated rings. The second-order valence-corrected chi connectivity index (χ2v) is 8.70. The fourth-order valence-electron chi connectivity index (χ4n) is 4.33. The third-order valence-corrected chi connectivity index (χ3v) is 6.06. The minimum atomic E-state index is -0.619. The van der Waals surface area contributed by atoms with Gasteiger partial charge in [0, 0.05) is 42.1 Å². The van der Waals surface area contributed by atoms with Crippen molar-refractivity contribution in [3.63, 3.8) is 0 Å². The summed E-state index contributed by atoms with van der Waals surface area (Å²) in [7, 11) is 0. The number of aromatic amines is 1. The number of hydrogen-bond donors (Lipinski definition) is 4. The number of nitrogens with one attached hydrogen (secondary N) is 3. The molecule has 1 aromatic heterocycles. The van der Waals surface area contributed by atoms with Crippen molar-refractivity contribution in [3.05, 3.63) is 82.9 Å². The van der Waals surface area contributed by atoms with E-state index in [1.54, 1.807) is 18.2 Å². The fraction of sp³-hybridized carbons (Fsp3) is 0.231. The number of benzene rings is 3. The van der Waals surface area contributed by atoms with Crippen LogP contribution in [-0.2, 0) is 11.2 Å². The number of nitrogens with zero attached hydrogens (tertiary/aromatic N) is 1. The monoisotopic (exact) mass is 477 g/mol. The molecule has 5 rings (SSSR count). The molecule has 7 nitrogen and oxygen atoms in total. The van der Waals surface area contributed by atoms with Crippen molar-refractivity contribution in [2.75, 3.05) is 29.6 Å². The van der Waals surface area contributed by atoms with Crippen LogP contribution in [0, 0.1) is 11.6 Å². The fourth-order valence-corrected chi connectivity index (χ4v) is 4.33. The van der Waals surface area contributed by atoms with Gasteiger partial charge in [-0.25, -0.2) is 8.78 Å². The van der Waals surface area contributed by atoms with E-state index < -0.39 is 11.6 Å². The highest BCUT2D eigenvalue weighted by atomic mass is 19.1. The lowest BCUT2D eigenvalue weighted by molar-refractivity contribution is 0.0904. The van der Waals surface area contributed by atoms with Gasteiger partial charge in [0.15, 0.2) is 5.82 Å². The highest BCUT2D eigenvalue weighted by Crippen LogP contribution is 2.27. The third-order valence-electron chi connectivity index (χ3n) is 6.06. The Hall–Kier alpha value is -3.98. The highest BCUT2D eigenvalue weighted by Gasteiger charge is 2.19. The van der Waals surface area contributed by atoms with Crippen LogP contribution in [0.1, 0.15) is 34.3 Å². The molecule has 35 heavy (non-hydrogen) atoms. The van der Waals surface area contributed by atoms with Crippen molar-refractivity contribution in [2.45, 2.75) is 25.3 Å². The maximum atomic E-state index is 13.6. The lowest BCUT2D eigenvalue weighted by Crippen LogP contribution is -2.29. The zero-order chi connectivity index (χ0) is 24.4. The normalized spacial score (nSPS) is 14.2. The number of carbonyl (C=O) groups is 1. The summed E-state index contributed by atoms with van der Waals surface area (Å²) in [5.74, 6) is -1.20. The lowest BCUT2D eigenvalue weighted by atomic mass is 10.0. The molecule has 0 bridgehead atoms. The average molecular weight is 478 g/mol. The second-order valence-electron chi connectivity index (χ2n) is 8.70. The van der Waals surface area contributed by atoms with E-state index in [0.29, 0.717) is 53.3 Å². The zero-order valence-electron chi connectivity index (χ0n) is 18.9. The summed E-state index contributed by atoms with van der Waals surface area (Å²) in [5.41, 5.74) is 9.72. The molecule has 9 heteroatoms. The van der Waals surface area contributed by atoms with Gasteiger partial charge >= 0.3 is 0 Å². The van der Waals surface area contributed by atoms with Crippen LogP contribution < -0.4 is 16.4 Å². The summed E-state index contributed by atoms with van der Waals surface area (Å²) in [5, 5.41) is 14.2. The van der Waals surface area contributed by atoms with Gasteiger partial charge in [0.25, 0.3) is 5.91 Å².